The molecule has 1 aromatic carbocycles. The van der Waals surface area contributed by atoms with Crippen LogP contribution in [0.5, 0.6) is 11.5 Å². The van der Waals surface area contributed by atoms with Crippen LogP contribution in [0.25, 0.3) is 11.0 Å². The summed E-state index contributed by atoms with van der Waals surface area (Å²) in [5.41, 5.74) is 9.06. The Morgan fingerprint density at radius 1 is 1.23 bits per heavy atom. The minimum absolute atomic E-state index is 0.0667. The molecule has 6 nitrogen and oxygen atoms in total. The largest absolute Gasteiger partial charge is 0.457 e. The van der Waals surface area contributed by atoms with E-state index in [9.17, 15) is 4.79 Å². The standard InChI is InChI=1S/C24H30N4O2/c1-16-14-27-23-22(16)21(11-12-26-23)30-19-9-7-17(8-10-19)13-20(25)24(29)28-15-18-5-3-2-4-6-18/h7-12,14,18,20H,2-6,13,15,25H2,1H3,(H,26,27)(H,28,29). The average Bonchev–Trinajstić information content (AvgIpc) is 3.16. The van der Waals surface area contributed by atoms with Crippen molar-refractivity contribution in [2.75, 3.05) is 6.54 Å². The summed E-state index contributed by atoms with van der Waals surface area (Å²) in [6, 6.07) is 9.08. The van der Waals surface area contributed by atoms with E-state index in [1.165, 1.54) is 32.1 Å². The number of carbonyl (C=O) groups is 1. The molecule has 0 radical (unpaired) electrons. The van der Waals surface area contributed by atoms with Gasteiger partial charge in [0.2, 0.25) is 5.91 Å². The number of hydrogen-bond acceptors (Lipinski definition) is 4. The van der Waals surface area contributed by atoms with E-state index in [1.54, 1.807) is 6.20 Å². The first-order valence-electron chi connectivity index (χ1n) is 10.8. The molecule has 1 unspecified atom stereocenters. The molecule has 1 saturated carbocycles. The lowest BCUT2D eigenvalue weighted by Gasteiger charge is -2.22. The molecule has 3 aromatic rings. The summed E-state index contributed by atoms with van der Waals surface area (Å²) >= 11 is 0. The van der Waals surface area contributed by atoms with Crippen molar-refractivity contribution in [3.63, 3.8) is 0 Å². The first kappa shape index (κ1) is 20.4. The van der Waals surface area contributed by atoms with E-state index in [4.69, 9.17) is 10.5 Å². The van der Waals surface area contributed by atoms with Crippen LogP contribution < -0.4 is 15.8 Å². The molecule has 2 heterocycles. The SMILES string of the molecule is Cc1c[nH]c2nccc(Oc3ccc(CC(N)C(=O)NCC4CCCCC4)cc3)c12. The van der Waals surface area contributed by atoms with Crippen LogP contribution in [0, 0.1) is 12.8 Å². The highest BCUT2D eigenvalue weighted by atomic mass is 16.5. The van der Waals surface area contributed by atoms with E-state index >= 15 is 0 Å². The number of amides is 1. The van der Waals surface area contributed by atoms with Crippen LogP contribution in [0.15, 0.2) is 42.7 Å². The van der Waals surface area contributed by atoms with Gasteiger partial charge in [-0.3, -0.25) is 4.79 Å². The minimum Gasteiger partial charge on any atom is -0.457 e. The lowest BCUT2D eigenvalue weighted by Crippen LogP contribution is -2.43. The second-order valence-electron chi connectivity index (χ2n) is 8.31. The van der Waals surface area contributed by atoms with E-state index in [2.05, 4.69) is 15.3 Å². The van der Waals surface area contributed by atoms with Crippen LogP contribution >= 0.6 is 0 Å². The van der Waals surface area contributed by atoms with Crippen molar-refractivity contribution in [1.82, 2.24) is 15.3 Å². The highest BCUT2D eigenvalue weighted by molar-refractivity contribution is 5.86. The number of hydrogen-bond donors (Lipinski definition) is 3. The molecule has 158 valence electrons. The normalized spacial score (nSPS) is 15.8. The van der Waals surface area contributed by atoms with Gasteiger partial charge < -0.3 is 20.8 Å². The highest BCUT2D eigenvalue weighted by Crippen LogP contribution is 2.31. The molecular formula is C24H30N4O2. The van der Waals surface area contributed by atoms with E-state index in [0.29, 0.717) is 12.3 Å². The Hall–Kier alpha value is -2.86. The Morgan fingerprint density at radius 3 is 2.77 bits per heavy atom. The number of fused-ring (bicyclic) bond motifs is 1. The van der Waals surface area contributed by atoms with Gasteiger partial charge in [-0.1, -0.05) is 31.4 Å². The van der Waals surface area contributed by atoms with Crippen molar-refractivity contribution < 1.29 is 9.53 Å². The van der Waals surface area contributed by atoms with Crippen molar-refractivity contribution >= 4 is 16.9 Å². The summed E-state index contributed by atoms with van der Waals surface area (Å²) in [5, 5.41) is 4.02. The van der Waals surface area contributed by atoms with Crippen molar-refractivity contribution in [3.05, 3.63) is 53.9 Å². The number of carbonyl (C=O) groups excluding carboxylic acids is 1. The zero-order valence-corrected chi connectivity index (χ0v) is 17.5. The van der Waals surface area contributed by atoms with Crippen molar-refractivity contribution in [1.29, 1.82) is 0 Å². The number of ether oxygens (including phenoxy) is 1. The number of rotatable bonds is 7. The molecule has 0 spiro atoms. The summed E-state index contributed by atoms with van der Waals surface area (Å²) in [6.45, 7) is 2.77. The lowest BCUT2D eigenvalue weighted by atomic mass is 9.89. The Labute approximate surface area is 177 Å². The van der Waals surface area contributed by atoms with Gasteiger partial charge >= 0.3 is 0 Å². The molecule has 1 atom stereocenters. The Bertz CT molecular complexity index is 990. The third-order valence-electron chi connectivity index (χ3n) is 5.97. The molecule has 4 N–H and O–H groups in total. The number of benzene rings is 1. The number of nitrogens with zero attached hydrogens (tertiary/aromatic N) is 1. The summed E-state index contributed by atoms with van der Waals surface area (Å²) in [5.74, 6) is 2.05. The van der Waals surface area contributed by atoms with Gasteiger partial charge in [0, 0.05) is 18.9 Å². The van der Waals surface area contributed by atoms with Gasteiger partial charge in [0.15, 0.2) is 0 Å². The van der Waals surface area contributed by atoms with Crippen LogP contribution in [0.4, 0.5) is 0 Å². The highest BCUT2D eigenvalue weighted by Gasteiger charge is 2.18. The monoisotopic (exact) mass is 406 g/mol. The molecule has 2 aromatic heterocycles. The van der Waals surface area contributed by atoms with E-state index < -0.39 is 6.04 Å². The molecule has 1 fully saturated rings. The van der Waals surface area contributed by atoms with Crippen molar-refractivity contribution in [2.24, 2.45) is 11.7 Å². The number of H-pyrrole nitrogens is 1. The fourth-order valence-electron chi connectivity index (χ4n) is 4.20. The summed E-state index contributed by atoms with van der Waals surface area (Å²) in [7, 11) is 0. The van der Waals surface area contributed by atoms with Crippen LogP contribution in [-0.2, 0) is 11.2 Å². The number of pyridine rings is 1. The summed E-state index contributed by atoms with van der Waals surface area (Å²) in [6.07, 6.45) is 10.5. The molecule has 0 bridgehead atoms. The maximum atomic E-state index is 12.4. The number of nitrogens with two attached hydrogens (primary N) is 1. The first-order valence-corrected chi connectivity index (χ1v) is 10.8. The molecule has 1 aliphatic rings. The number of aromatic nitrogens is 2. The third kappa shape index (κ3) is 4.82. The first-order chi connectivity index (χ1) is 14.6. The van der Waals surface area contributed by atoms with Crippen LogP contribution in [0.3, 0.4) is 0 Å². The minimum atomic E-state index is -0.539. The topological polar surface area (TPSA) is 93.0 Å². The van der Waals surface area contributed by atoms with Crippen LogP contribution in [-0.4, -0.2) is 28.5 Å². The Kier molecular flexibility index (Phi) is 6.33. The molecule has 30 heavy (non-hydrogen) atoms. The Balaban J connectivity index is 1.32. The second-order valence-corrected chi connectivity index (χ2v) is 8.31. The summed E-state index contributed by atoms with van der Waals surface area (Å²) in [4.78, 5) is 19.8. The molecular weight excluding hydrogens is 376 g/mol. The second kappa shape index (κ2) is 9.30. The Morgan fingerprint density at radius 2 is 2.00 bits per heavy atom. The van der Waals surface area contributed by atoms with Crippen molar-refractivity contribution in [3.8, 4) is 11.5 Å². The fourth-order valence-corrected chi connectivity index (χ4v) is 4.20. The average molecular weight is 407 g/mol. The van der Waals surface area contributed by atoms with Gasteiger partial charge in [-0.25, -0.2) is 4.98 Å². The number of nitrogens with one attached hydrogen (secondary N) is 2. The van der Waals surface area contributed by atoms with Gasteiger partial charge in [0.25, 0.3) is 0 Å². The van der Waals surface area contributed by atoms with E-state index in [0.717, 1.165) is 40.2 Å². The lowest BCUT2D eigenvalue weighted by molar-refractivity contribution is -0.122. The zero-order chi connectivity index (χ0) is 20.9. The van der Waals surface area contributed by atoms with Gasteiger partial charge in [0.1, 0.15) is 17.1 Å². The predicted octanol–water partition coefficient (Wildman–Crippen LogP) is 4.23. The van der Waals surface area contributed by atoms with Gasteiger partial charge in [-0.15, -0.1) is 0 Å². The molecule has 1 amide bonds. The van der Waals surface area contributed by atoms with E-state index in [-0.39, 0.29) is 5.91 Å². The molecule has 0 aliphatic heterocycles. The maximum Gasteiger partial charge on any atom is 0.237 e. The smallest absolute Gasteiger partial charge is 0.237 e. The zero-order valence-electron chi connectivity index (χ0n) is 17.5. The van der Waals surface area contributed by atoms with E-state index in [1.807, 2.05) is 43.5 Å². The quantitative estimate of drug-likeness (QED) is 0.547. The fraction of sp³-hybridized carbons (Fsp3) is 0.417. The van der Waals surface area contributed by atoms with Gasteiger partial charge in [0.05, 0.1) is 11.4 Å². The molecule has 6 heteroatoms. The molecule has 1 aliphatic carbocycles. The third-order valence-corrected chi connectivity index (χ3v) is 5.97. The van der Waals surface area contributed by atoms with Gasteiger partial charge in [-0.05, 0) is 61.4 Å². The number of aryl methyl sites for hydroxylation is 1. The van der Waals surface area contributed by atoms with Gasteiger partial charge in [-0.2, -0.15) is 0 Å². The number of aromatic amines is 1. The van der Waals surface area contributed by atoms with Crippen LogP contribution in [0.1, 0.15) is 43.2 Å². The van der Waals surface area contributed by atoms with Crippen molar-refractivity contribution in [2.45, 2.75) is 51.5 Å². The predicted molar refractivity (Wildman–Crippen MR) is 119 cm³/mol. The maximum absolute atomic E-state index is 12.4. The summed E-state index contributed by atoms with van der Waals surface area (Å²) < 4.78 is 6.07. The van der Waals surface area contributed by atoms with Crippen LogP contribution in [0.2, 0.25) is 0 Å². The molecule has 4 rings (SSSR count). The molecule has 0 saturated heterocycles.